The second kappa shape index (κ2) is 48.8. The van der Waals surface area contributed by atoms with Crippen LogP contribution >= 0.6 is 7.82 Å². The summed E-state index contributed by atoms with van der Waals surface area (Å²) in [5, 5.41) is 0. The maximum absolute atomic E-state index is 12.8. The fraction of sp³-hybridized carbons (Fsp3) is 0.929. The molecule has 9 nitrogen and oxygen atoms in total. The second-order valence-corrected chi connectivity index (χ2v) is 22.1. The van der Waals surface area contributed by atoms with Crippen LogP contribution in [0.2, 0.25) is 0 Å². The Morgan fingerprint density at radius 3 is 1.12 bits per heavy atom. The number of hydrogen-bond donors (Lipinski definition) is 1. The van der Waals surface area contributed by atoms with Crippen LogP contribution in [0.5, 0.6) is 0 Å². The van der Waals surface area contributed by atoms with Crippen molar-refractivity contribution in [2.24, 2.45) is 0 Å². The maximum atomic E-state index is 12.8. The number of hydrogen-bond acceptors (Lipinski definition) is 7. The Kier molecular flexibility index (Phi) is 47.8. The molecule has 2 atom stereocenters. The number of esters is 2. The molecule has 0 radical (unpaired) electrons. The molecule has 0 aliphatic carbocycles. The van der Waals surface area contributed by atoms with Crippen molar-refractivity contribution >= 4 is 19.8 Å². The number of phosphoric acid groups is 1. The van der Waals surface area contributed by atoms with Crippen molar-refractivity contribution in [3.63, 3.8) is 0 Å². The standard InChI is InChI=1S/C56H110NO8P/c1-6-8-10-12-14-16-18-20-22-24-26-28-30-32-34-36-38-40-42-44-46-48-55(58)62-52-54(53-64-66(60,61)63-51-50-57(3,4)5)65-56(59)49-47-45-43-41-39-37-35-33-31-29-27-25-23-21-19-17-15-13-11-9-7-2/h21,23,54H,6-20,22,24-53H2,1-5H3/p+1/b23-21+/t54-/m1/s1. The third kappa shape index (κ3) is 52.1. The molecule has 0 saturated carbocycles. The van der Waals surface area contributed by atoms with Gasteiger partial charge in [0.1, 0.15) is 19.8 Å². The molecule has 66 heavy (non-hydrogen) atoms. The van der Waals surface area contributed by atoms with Gasteiger partial charge in [0.15, 0.2) is 6.10 Å². The number of ether oxygens (including phenoxy) is 2. The molecule has 0 aliphatic rings. The normalized spacial score (nSPS) is 13.4. The number of unbranched alkanes of at least 4 members (excludes halogenated alkanes) is 37. The summed E-state index contributed by atoms with van der Waals surface area (Å²) in [4.78, 5) is 35.6. The Bertz CT molecular complexity index is 1130. The van der Waals surface area contributed by atoms with Crippen molar-refractivity contribution in [2.45, 2.75) is 290 Å². The summed E-state index contributed by atoms with van der Waals surface area (Å²) in [5.74, 6) is -0.780. The van der Waals surface area contributed by atoms with Gasteiger partial charge in [-0.05, 0) is 38.5 Å². The third-order valence-corrected chi connectivity index (χ3v) is 13.8. The zero-order chi connectivity index (χ0) is 48.5. The Balaban J connectivity index is 4.14. The lowest BCUT2D eigenvalue weighted by Gasteiger charge is -2.24. The summed E-state index contributed by atoms with van der Waals surface area (Å²) < 4.78 is 34.6. The lowest BCUT2D eigenvalue weighted by atomic mass is 10.0. The molecule has 0 spiro atoms. The number of rotatable bonds is 53. The highest BCUT2D eigenvalue weighted by atomic mass is 31.2. The molecular weight excluding hydrogens is 846 g/mol. The van der Waals surface area contributed by atoms with Gasteiger partial charge in [0.25, 0.3) is 0 Å². The highest BCUT2D eigenvalue weighted by molar-refractivity contribution is 7.47. The highest BCUT2D eigenvalue weighted by Crippen LogP contribution is 2.43. The van der Waals surface area contributed by atoms with E-state index in [0.29, 0.717) is 23.9 Å². The predicted octanol–water partition coefficient (Wildman–Crippen LogP) is 17.3. The third-order valence-electron chi connectivity index (χ3n) is 12.8. The molecule has 0 heterocycles. The van der Waals surface area contributed by atoms with Crippen molar-refractivity contribution < 1.29 is 42.1 Å². The van der Waals surface area contributed by atoms with Crippen molar-refractivity contribution in [3.05, 3.63) is 12.2 Å². The summed E-state index contributed by atoms with van der Waals surface area (Å²) in [5.41, 5.74) is 0. The number of phosphoric ester groups is 1. The van der Waals surface area contributed by atoms with Crippen LogP contribution in [0, 0.1) is 0 Å². The molecule has 0 rings (SSSR count). The van der Waals surface area contributed by atoms with E-state index >= 15 is 0 Å². The zero-order valence-electron chi connectivity index (χ0n) is 44.5. The Morgan fingerprint density at radius 2 is 0.773 bits per heavy atom. The number of carbonyl (C=O) groups excluding carboxylic acids is 2. The minimum atomic E-state index is -4.38. The van der Waals surface area contributed by atoms with Gasteiger partial charge in [-0.1, -0.05) is 244 Å². The zero-order valence-corrected chi connectivity index (χ0v) is 45.4. The molecule has 0 amide bonds. The summed E-state index contributed by atoms with van der Waals surface area (Å²) >= 11 is 0. The van der Waals surface area contributed by atoms with Gasteiger partial charge in [-0.2, -0.15) is 0 Å². The number of nitrogens with zero attached hydrogens (tertiary/aromatic N) is 1. The summed E-state index contributed by atoms with van der Waals surface area (Å²) in [7, 11) is 1.49. The van der Waals surface area contributed by atoms with Crippen LogP contribution in [0.3, 0.4) is 0 Å². The molecule has 1 N–H and O–H groups in total. The van der Waals surface area contributed by atoms with Crippen LogP contribution in [0.4, 0.5) is 0 Å². The van der Waals surface area contributed by atoms with E-state index in [1.807, 2.05) is 21.1 Å². The first-order valence-corrected chi connectivity index (χ1v) is 29.9. The van der Waals surface area contributed by atoms with Gasteiger partial charge in [0, 0.05) is 12.8 Å². The van der Waals surface area contributed by atoms with Crippen molar-refractivity contribution in [1.29, 1.82) is 0 Å². The van der Waals surface area contributed by atoms with Gasteiger partial charge in [0.05, 0.1) is 27.7 Å². The van der Waals surface area contributed by atoms with Gasteiger partial charge in [-0.15, -0.1) is 0 Å². The molecule has 0 aromatic heterocycles. The highest BCUT2D eigenvalue weighted by Gasteiger charge is 2.27. The predicted molar refractivity (Wildman–Crippen MR) is 280 cm³/mol. The average Bonchev–Trinajstić information content (AvgIpc) is 3.27. The fourth-order valence-electron chi connectivity index (χ4n) is 8.37. The number of quaternary nitrogens is 1. The van der Waals surface area contributed by atoms with Crippen LogP contribution in [0.25, 0.3) is 0 Å². The smallest absolute Gasteiger partial charge is 0.462 e. The van der Waals surface area contributed by atoms with Crippen molar-refractivity contribution in [1.82, 2.24) is 0 Å². The van der Waals surface area contributed by atoms with E-state index in [-0.39, 0.29) is 25.6 Å². The molecule has 0 aliphatic heterocycles. The lowest BCUT2D eigenvalue weighted by Crippen LogP contribution is -2.37. The molecule has 0 fully saturated rings. The monoisotopic (exact) mass is 957 g/mol. The average molecular weight is 957 g/mol. The second-order valence-electron chi connectivity index (χ2n) is 20.7. The van der Waals surface area contributed by atoms with E-state index in [1.165, 1.54) is 218 Å². The number of likely N-dealkylation sites (N-methyl/N-ethyl adjacent to an activating group) is 1. The molecule has 10 heteroatoms. The van der Waals surface area contributed by atoms with Crippen molar-refractivity contribution in [3.8, 4) is 0 Å². The minimum absolute atomic E-state index is 0.0354. The van der Waals surface area contributed by atoms with Gasteiger partial charge in [0.2, 0.25) is 0 Å². The molecule has 0 saturated heterocycles. The molecule has 1 unspecified atom stereocenters. The molecule has 0 bridgehead atoms. The fourth-order valence-corrected chi connectivity index (χ4v) is 9.11. The number of allylic oxidation sites excluding steroid dienone is 2. The Morgan fingerprint density at radius 1 is 0.455 bits per heavy atom. The van der Waals surface area contributed by atoms with E-state index in [9.17, 15) is 19.0 Å². The van der Waals surface area contributed by atoms with Crippen LogP contribution in [0.15, 0.2) is 12.2 Å². The van der Waals surface area contributed by atoms with Crippen LogP contribution in [0.1, 0.15) is 284 Å². The first-order chi connectivity index (χ1) is 32.0. The Labute approximate surface area is 409 Å². The van der Waals surface area contributed by atoms with E-state index in [2.05, 4.69) is 26.0 Å². The number of carbonyl (C=O) groups is 2. The Hall–Kier alpha value is -1.25. The van der Waals surface area contributed by atoms with Crippen LogP contribution in [-0.4, -0.2) is 74.9 Å². The summed E-state index contributed by atoms with van der Waals surface area (Å²) in [6, 6.07) is 0. The van der Waals surface area contributed by atoms with E-state index in [0.717, 1.165) is 32.1 Å². The van der Waals surface area contributed by atoms with E-state index < -0.39 is 26.5 Å². The first-order valence-electron chi connectivity index (χ1n) is 28.4. The van der Waals surface area contributed by atoms with Gasteiger partial charge in [-0.25, -0.2) is 4.57 Å². The molecule has 0 aromatic rings. The quantitative estimate of drug-likeness (QED) is 0.0211. The van der Waals surface area contributed by atoms with Gasteiger partial charge in [-0.3, -0.25) is 18.6 Å². The van der Waals surface area contributed by atoms with E-state index in [1.54, 1.807) is 0 Å². The van der Waals surface area contributed by atoms with E-state index in [4.69, 9.17) is 18.5 Å². The summed E-state index contributed by atoms with van der Waals surface area (Å²) in [6.07, 6.45) is 55.6. The molecular formula is C56H111NO8P+. The lowest BCUT2D eigenvalue weighted by molar-refractivity contribution is -0.870. The van der Waals surface area contributed by atoms with Gasteiger partial charge >= 0.3 is 19.8 Å². The maximum Gasteiger partial charge on any atom is 0.472 e. The first kappa shape index (κ1) is 64.8. The van der Waals surface area contributed by atoms with Crippen LogP contribution in [-0.2, 0) is 32.7 Å². The molecule has 392 valence electrons. The minimum Gasteiger partial charge on any atom is -0.462 e. The largest absolute Gasteiger partial charge is 0.472 e. The van der Waals surface area contributed by atoms with Crippen LogP contribution < -0.4 is 0 Å². The topological polar surface area (TPSA) is 108 Å². The van der Waals surface area contributed by atoms with Crippen molar-refractivity contribution in [2.75, 3.05) is 47.5 Å². The summed E-state index contributed by atoms with van der Waals surface area (Å²) in [6.45, 7) is 4.49. The van der Waals surface area contributed by atoms with Gasteiger partial charge < -0.3 is 18.9 Å². The molecule has 0 aromatic carbocycles. The SMILES string of the molecule is CCCCCCCC/C=C/CCCCCCCCCCCCCC(=O)O[C@H](COC(=O)CCCCCCCCCCCCCCCCCCCCCCC)COP(=O)(O)OCC[N+](C)(C)C.